The van der Waals surface area contributed by atoms with Crippen molar-refractivity contribution in [3.05, 3.63) is 24.3 Å². The van der Waals surface area contributed by atoms with Gasteiger partial charge in [-0.15, -0.1) is 5.10 Å². The Hall–Kier alpha value is -2.62. The molecule has 1 aliphatic heterocycles. The molecule has 1 atom stereocenters. The molecule has 1 aliphatic rings. The molecular formula is C16H20N6O3S. The third kappa shape index (κ3) is 3.96. The van der Waals surface area contributed by atoms with Gasteiger partial charge in [-0.25, -0.2) is 0 Å². The summed E-state index contributed by atoms with van der Waals surface area (Å²) >= 11 is 1.23. The van der Waals surface area contributed by atoms with E-state index < -0.39 is 11.9 Å². The molecular weight excluding hydrogens is 356 g/mol. The second-order valence-corrected chi connectivity index (χ2v) is 6.80. The van der Waals surface area contributed by atoms with Crippen molar-refractivity contribution in [1.82, 2.24) is 25.1 Å². The minimum absolute atomic E-state index is 0.136. The van der Waals surface area contributed by atoms with Crippen molar-refractivity contribution in [2.45, 2.75) is 30.5 Å². The lowest BCUT2D eigenvalue weighted by atomic mass is 10.0. The Morgan fingerprint density at radius 2 is 2.08 bits per heavy atom. The summed E-state index contributed by atoms with van der Waals surface area (Å²) in [5, 5.41) is 12.1. The molecule has 0 aliphatic carbocycles. The molecule has 0 unspecified atom stereocenters. The van der Waals surface area contributed by atoms with Gasteiger partial charge in [-0.05, 0) is 54.0 Å². The Balaban J connectivity index is 1.67. The van der Waals surface area contributed by atoms with Gasteiger partial charge in [0, 0.05) is 6.54 Å². The van der Waals surface area contributed by atoms with E-state index >= 15 is 0 Å². The number of aromatic nitrogens is 4. The number of hydrogen-bond acceptors (Lipinski definition) is 7. The first kappa shape index (κ1) is 18.2. The van der Waals surface area contributed by atoms with Gasteiger partial charge in [-0.3, -0.25) is 9.59 Å². The molecule has 1 fully saturated rings. The van der Waals surface area contributed by atoms with Gasteiger partial charge in [-0.2, -0.15) is 4.68 Å². The Labute approximate surface area is 154 Å². The first-order valence-electron chi connectivity index (χ1n) is 8.24. The Morgan fingerprint density at radius 3 is 2.77 bits per heavy atom. The number of hydrogen-bond donors (Lipinski definition) is 1. The second-order valence-electron chi connectivity index (χ2n) is 5.86. The molecule has 0 bridgehead atoms. The highest BCUT2D eigenvalue weighted by Crippen LogP contribution is 2.23. The van der Waals surface area contributed by atoms with Gasteiger partial charge < -0.3 is 15.4 Å². The smallest absolute Gasteiger partial charge is 0.240 e. The summed E-state index contributed by atoms with van der Waals surface area (Å²) in [6.07, 6.45) is 2.40. The molecule has 26 heavy (non-hydrogen) atoms. The minimum atomic E-state index is -0.519. The summed E-state index contributed by atoms with van der Waals surface area (Å²) in [4.78, 5) is 25.7. The number of likely N-dealkylation sites (tertiary alicyclic amines) is 1. The highest BCUT2D eigenvalue weighted by atomic mass is 32.2. The summed E-state index contributed by atoms with van der Waals surface area (Å²) in [6.45, 7) is 0.552. The molecule has 9 nitrogen and oxygen atoms in total. The fourth-order valence-corrected chi connectivity index (χ4v) is 3.67. The van der Waals surface area contributed by atoms with Gasteiger partial charge in [0.1, 0.15) is 11.8 Å². The Kier molecular flexibility index (Phi) is 5.71. The highest BCUT2D eigenvalue weighted by Gasteiger charge is 2.30. The average Bonchev–Trinajstić information content (AvgIpc) is 3.14. The first-order valence-corrected chi connectivity index (χ1v) is 9.23. The van der Waals surface area contributed by atoms with Crippen LogP contribution in [-0.4, -0.2) is 62.4 Å². The van der Waals surface area contributed by atoms with Crippen molar-refractivity contribution in [2.75, 3.05) is 19.4 Å². The average molecular weight is 376 g/mol. The zero-order valence-corrected chi connectivity index (χ0v) is 15.2. The SMILES string of the molecule is COc1ccc(-n2nnnc2SCC(=O)N2CCCC[C@@H]2C(N)=O)cc1. The van der Waals surface area contributed by atoms with Crippen LogP contribution in [0.4, 0.5) is 0 Å². The summed E-state index contributed by atoms with van der Waals surface area (Å²) < 4.78 is 6.69. The van der Waals surface area contributed by atoms with Gasteiger partial charge in [0.15, 0.2) is 0 Å². The number of rotatable bonds is 6. The fourth-order valence-electron chi connectivity index (χ4n) is 2.89. The summed E-state index contributed by atoms with van der Waals surface area (Å²) in [7, 11) is 1.60. The number of methoxy groups -OCH3 is 1. The van der Waals surface area contributed by atoms with Crippen LogP contribution in [-0.2, 0) is 9.59 Å². The van der Waals surface area contributed by atoms with E-state index in [4.69, 9.17) is 10.5 Å². The molecule has 2 N–H and O–H groups in total. The van der Waals surface area contributed by atoms with Crippen LogP contribution >= 0.6 is 11.8 Å². The molecule has 1 aromatic heterocycles. The predicted molar refractivity (Wildman–Crippen MR) is 95.0 cm³/mol. The third-order valence-electron chi connectivity index (χ3n) is 4.23. The monoisotopic (exact) mass is 376 g/mol. The minimum Gasteiger partial charge on any atom is -0.497 e. The standard InChI is InChI=1S/C16H20N6O3S/c1-25-12-7-5-11(6-8-12)22-16(18-19-20-22)26-10-14(23)21-9-3-2-4-13(21)15(17)24/h5-8,13H,2-4,9-10H2,1H3,(H2,17,24)/t13-/m1/s1. The maximum atomic E-state index is 12.5. The normalized spacial score (nSPS) is 17.1. The van der Waals surface area contributed by atoms with Crippen molar-refractivity contribution in [3.63, 3.8) is 0 Å². The zero-order chi connectivity index (χ0) is 18.5. The van der Waals surface area contributed by atoms with Crippen LogP contribution < -0.4 is 10.5 Å². The maximum absolute atomic E-state index is 12.5. The lowest BCUT2D eigenvalue weighted by molar-refractivity contribution is -0.138. The molecule has 1 aromatic carbocycles. The number of tetrazole rings is 1. The lowest BCUT2D eigenvalue weighted by Gasteiger charge is -2.33. The van der Waals surface area contributed by atoms with E-state index in [9.17, 15) is 9.59 Å². The Bertz CT molecular complexity index is 779. The fraction of sp³-hybridized carbons (Fsp3) is 0.438. The van der Waals surface area contributed by atoms with Gasteiger partial charge in [0.25, 0.3) is 0 Å². The molecule has 1 saturated heterocycles. The van der Waals surface area contributed by atoms with E-state index in [1.807, 2.05) is 24.3 Å². The number of carbonyl (C=O) groups is 2. The van der Waals surface area contributed by atoms with Crippen molar-refractivity contribution >= 4 is 23.6 Å². The molecule has 2 heterocycles. The second kappa shape index (κ2) is 8.17. The molecule has 10 heteroatoms. The number of nitrogens with two attached hydrogens (primary N) is 1. The summed E-state index contributed by atoms with van der Waals surface area (Å²) in [5.41, 5.74) is 6.19. The van der Waals surface area contributed by atoms with Crippen molar-refractivity contribution in [3.8, 4) is 11.4 Å². The molecule has 2 aromatic rings. The topological polar surface area (TPSA) is 116 Å². The van der Waals surface area contributed by atoms with Crippen LogP contribution in [0.3, 0.4) is 0 Å². The van der Waals surface area contributed by atoms with Crippen molar-refractivity contribution in [2.24, 2.45) is 5.73 Å². The van der Waals surface area contributed by atoms with Crippen molar-refractivity contribution < 1.29 is 14.3 Å². The molecule has 138 valence electrons. The van der Waals surface area contributed by atoms with Gasteiger partial charge >= 0.3 is 0 Å². The van der Waals surface area contributed by atoms with Crippen LogP contribution in [0.5, 0.6) is 5.75 Å². The van der Waals surface area contributed by atoms with Crippen LogP contribution in [0.15, 0.2) is 29.4 Å². The van der Waals surface area contributed by atoms with E-state index in [0.29, 0.717) is 18.1 Å². The number of thioether (sulfide) groups is 1. The van der Waals surface area contributed by atoms with Crippen LogP contribution in [0.1, 0.15) is 19.3 Å². The molecule has 2 amide bonds. The van der Waals surface area contributed by atoms with E-state index in [1.54, 1.807) is 16.7 Å². The van der Waals surface area contributed by atoms with Gasteiger partial charge in [-0.1, -0.05) is 11.8 Å². The molecule has 3 rings (SSSR count). The number of piperidine rings is 1. The van der Waals surface area contributed by atoms with E-state index in [2.05, 4.69) is 15.5 Å². The van der Waals surface area contributed by atoms with Crippen LogP contribution in [0, 0.1) is 0 Å². The van der Waals surface area contributed by atoms with Crippen LogP contribution in [0.2, 0.25) is 0 Å². The number of nitrogens with zero attached hydrogens (tertiary/aromatic N) is 5. The van der Waals surface area contributed by atoms with E-state index in [-0.39, 0.29) is 11.7 Å². The summed E-state index contributed by atoms with van der Waals surface area (Å²) in [5.74, 6) is 0.281. The molecule has 0 saturated carbocycles. The number of amides is 2. The number of carbonyl (C=O) groups excluding carboxylic acids is 2. The Morgan fingerprint density at radius 1 is 1.31 bits per heavy atom. The maximum Gasteiger partial charge on any atom is 0.240 e. The zero-order valence-electron chi connectivity index (χ0n) is 14.4. The molecule has 0 spiro atoms. The number of ether oxygens (including phenoxy) is 1. The number of benzene rings is 1. The largest absolute Gasteiger partial charge is 0.497 e. The van der Waals surface area contributed by atoms with Crippen LogP contribution in [0.25, 0.3) is 5.69 Å². The van der Waals surface area contributed by atoms with E-state index in [1.165, 1.54) is 11.8 Å². The van der Waals surface area contributed by atoms with Gasteiger partial charge in [0.2, 0.25) is 17.0 Å². The highest BCUT2D eigenvalue weighted by molar-refractivity contribution is 7.99. The van der Waals surface area contributed by atoms with E-state index in [0.717, 1.165) is 24.3 Å². The number of primary amides is 1. The first-order chi connectivity index (χ1) is 12.6. The lowest BCUT2D eigenvalue weighted by Crippen LogP contribution is -2.51. The quantitative estimate of drug-likeness (QED) is 0.735. The molecule has 0 radical (unpaired) electrons. The third-order valence-corrected chi connectivity index (χ3v) is 5.14. The van der Waals surface area contributed by atoms with Gasteiger partial charge in [0.05, 0.1) is 18.6 Å². The summed E-state index contributed by atoms with van der Waals surface area (Å²) in [6, 6.07) is 6.75. The predicted octanol–water partition coefficient (Wildman–Crippen LogP) is 0.629. The van der Waals surface area contributed by atoms with Crippen molar-refractivity contribution in [1.29, 1.82) is 0 Å².